The van der Waals surface area contributed by atoms with Crippen LogP contribution >= 0.6 is 23.1 Å². The molecule has 1 amide bonds. The number of nitrogens with zero attached hydrogens (tertiary/aromatic N) is 2. The third-order valence-electron chi connectivity index (χ3n) is 4.00. The summed E-state index contributed by atoms with van der Waals surface area (Å²) in [5.41, 5.74) is 2.91. The smallest absolute Gasteiger partial charge is 0.237 e. The maximum atomic E-state index is 12.4. The van der Waals surface area contributed by atoms with Crippen LogP contribution in [-0.4, -0.2) is 28.5 Å². The number of benzene rings is 2. The molecule has 3 aromatic rings. The average molecular weight is 415 g/mol. The van der Waals surface area contributed by atoms with E-state index < -0.39 is 0 Å². The first kappa shape index (κ1) is 20.2. The van der Waals surface area contributed by atoms with E-state index in [0.717, 1.165) is 27.9 Å². The summed E-state index contributed by atoms with van der Waals surface area (Å²) in [5.74, 6) is 0.702. The molecule has 0 saturated heterocycles. The van der Waals surface area contributed by atoms with E-state index in [4.69, 9.17) is 4.74 Å². The van der Waals surface area contributed by atoms with Crippen LogP contribution in [0.2, 0.25) is 0 Å². The minimum Gasteiger partial charge on any atom is -0.497 e. The third-order valence-corrected chi connectivity index (χ3v) is 6.03. The lowest BCUT2D eigenvalue weighted by Crippen LogP contribution is -2.22. The fourth-order valence-electron chi connectivity index (χ4n) is 2.40. The van der Waals surface area contributed by atoms with Crippen LogP contribution in [0.15, 0.2) is 52.9 Å². The van der Waals surface area contributed by atoms with Gasteiger partial charge in [-0.3, -0.25) is 4.79 Å². The number of rotatable bonds is 8. The van der Waals surface area contributed by atoms with Gasteiger partial charge in [-0.15, -0.1) is 10.2 Å². The van der Waals surface area contributed by atoms with Crippen LogP contribution in [0.25, 0.3) is 0 Å². The molecule has 28 heavy (non-hydrogen) atoms. The summed E-state index contributed by atoms with van der Waals surface area (Å²) in [4.78, 5) is 12.4. The Morgan fingerprint density at radius 1 is 1.18 bits per heavy atom. The van der Waals surface area contributed by atoms with Gasteiger partial charge in [0.1, 0.15) is 5.75 Å². The molecule has 0 bridgehead atoms. The number of ether oxygens (including phenoxy) is 1. The molecular weight excluding hydrogens is 392 g/mol. The maximum absolute atomic E-state index is 12.4. The van der Waals surface area contributed by atoms with Gasteiger partial charge < -0.3 is 15.4 Å². The Balaban J connectivity index is 1.56. The Morgan fingerprint density at radius 2 is 1.96 bits per heavy atom. The minimum atomic E-state index is -0.288. The van der Waals surface area contributed by atoms with E-state index in [1.54, 1.807) is 7.11 Å². The number of carbonyl (C=O) groups is 1. The number of methoxy groups -OCH3 is 1. The molecule has 3 rings (SSSR count). The summed E-state index contributed by atoms with van der Waals surface area (Å²) in [6.07, 6.45) is 0.976. The summed E-state index contributed by atoms with van der Waals surface area (Å²) in [5, 5.41) is 14.8. The standard InChI is InChI=1S/C20H22N4O2S2/c1-4-14-8-10-15(11-9-14)21-18(25)13(2)27-20-24-23-19(28-20)22-16-6-5-7-17(12-16)26-3/h5-13H,4H2,1-3H3,(H,21,25)(H,22,23)/t13-/m0/s1. The van der Waals surface area contributed by atoms with Gasteiger partial charge in [0.05, 0.1) is 12.4 Å². The predicted octanol–water partition coefficient (Wildman–Crippen LogP) is 4.97. The van der Waals surface area contributed by atoms with Gasteiger partial charge in [-0.2, -0.15) is 0 Å². The first-order valence-electron chi connectivity index (χ1n) is 8.88. The molecule has 1 heterocycles. The Morgan fingerprint density at radius 3 is 2.68 bits per heavy atom. The van der Waals surface area contributed by atoms with E-state index in [9.17, 15) is 4.79 Å². The zero-order chi connectivity index (χ0) is 19.9. The minimum absolute atomic E-state index is 0.0632. The fourth-order valence-corrected chi connectivity index (χ4v) is 4.32. The number of anilines is 3. The van der Waals surface area contributed by atoms with Crippen molar-refractivity contribution in [1.82, 2.24) is 10.2 Å². The van der Waals surface area contributed by atoms with Crippen LogP contribution in [-0.2, 0) is 11.2 Å². The number of aromatic nitrogens is 2. The Bertz CT molecular complexity index is 928. The van der Waals surface area contributed by atoms with Gasteiger partial charge in [0, 0.05) is 17.4 Å². The van der Waals surface area contributed by atoms with E-state index in [1.165, 1.54) is 28.7 Å². The lowest BCUT2D eigenvalue weighted by Gasteiger charge is -2.10. The summed E-state index contributed by atoms with van der Waals surface area (Å²) in [6, 6.07) is 15.5. The van der Waals surface area contributed by atoms with Gasteiger partial charge in [-0.05, 0) is 43.2 Å². The average Bonchev–Trinajstić information content (AvgIpc) is 3.15. The van der Waals surface area contributed by atoms with Crippen molar-refractivity contribution in [2.24, 2.45) is 0 Å². The van der Waals surface area contributed by atoms with Gasteiger partial charge >= 0.3 is 0 Å². The lowest BCUT2D eigenvalue weighted by molar-refractivity contribution is -0.115. The predicted molar refractivity (Wildman–Crippen MR) is 116 cm³/mol. The summed E-state index contributed by atoms with van der Waals surface area (Å²) in [7, 11) is 1.63. The SMILES string of the molecule is CCc1ccc(NC(=O)[C@H](C)Sc2nnc(Nc3cccc(OC)c3)s2)cc1. The number of nitrogens with one attached hydrogen (secondary N) is 2. The molecule has 8 heteroatoms. The first-order valence-corrected chi connectivity index (χ1v) is 10.6. The molecule has 0 saturated carbocycles. The number of aryl methyl sites for hydroxylation is 1. The highest BCUT2D eigenvalue weighted by molar-refractivity contribution is 8.02. The van der Waals surface area contributed by atoms with Crippen molar-refractivity contribution in [1.29, 1.82) is 0 Å². The molecular formula is C20H22N4O2S2. The maximum Gasteiger partial charge on any atom is 0.237 e. The number of carbonyl (C=O) groups excluding carboxylic acids is 1. The number of hydrogen-bond acceptors (Lipinski definition) is 7. The molecule has 6 nitrogen and oxygen atoms in total. The summed E-state index contributed by atoms with van der Waals surface area (Å²) < 4.78 is 5.95. The Labute approximate surface area is 172 Å². The fraction of sp³-hybridized carbons (Fsp3) is 0.250. The van der Waals surface area contributed by atoms with Crippen molar-refractivity contribution < 1.29 is 9.53 Å². The van der Waals surface area contributed by atoms with Crippen LogP contribution in [0.4, 0.5) is 16.5 Å². The van der Waals surface area contributed by atoms with Crippen molar-refractivity contribution in [2.45, 2.75) is 29.9 Å². The van der Waals surface area contributed by atoms with Crippen molar-refractivity contribution in [2.75, 3.05) is 17.7 Å². The van der Waals surface area contributed by atoms with E-state index in [1.807, 2.05) is 55.5 Å². The largest absolute Gasteiger partial charge is 0.497 e. The zero-order valence-electron chi connectivity index (χ0n) is 15.9. The molecule has 2 aromatic carbocycles. The van der Waals surface area contributed by atoms with Gasteiger partial charge in [0.2, 0.25) is 11.0 Å². The molecule has 0 fully saturated rings. The molecule has 0 spiro atoms. The second kappa shape index (κ2) is 9.57. The summed E-state index contributed by atoms with van der Waals surface area (Å²) >= 11 is 2.79. The molecule has 1 aromatic heterocycles. The normalized spacial score (nSPS) is 11.7. The number of thioether (sulfide) groups is 1. The molecule has 0 aliphatic carbocycles. The lowest BCUT2D eigenvalue weighted by atomic mass is 10.1. The van der Waals surface area contributed by atoms with Crippen molar-refractivity contribution in [3.05, 3.63) is 54.1 Å². The van der Waals surface area contributed by atoms with E-state index in [0.29, 0.717) is 5.13 Å². The van der Waals surface area contributed by atoms with E-state index in [-0.39, 0.29) is 11.2 Å². The second-order valence-corrected chi connectivity index (χ2v) is 8.60. The van der Waals surface area contributed by atoms with E-state index >= 15 is 0 Å². The first-order chi connectivity index (χ1) is 13.6. The monoisotopic (exact) mass is 414 g/mol. The van der Waals surface area contributed by atoms with Crippen molar-refractivity contribution >= 4 is 45.5 Å². The number of amides is 1. The van der Waals surface area contributed by atoms with Crippen LogP contribution in [0.3, 0.4) is 0 Å². The van der Waals surface area contributed by atoms with Gasteiger partial charge in [-0.1, -0.05) is 48.2 Å². The Kier molecular flexibility index (Phi) is 6.89. The number of hydrogen-bond donors (Lipinski definition) is 2. The molecule has 1 atom stereocenters. The molecule has 0 unspecified atom stereocenters. The topological polar surface area (TPSA) is 76.1 Å². The van der Waals surface area contributed by atoms with Crippen molar-refractivity contribution in [3.8, 4) is 5.75 Å². The molecule has 0 radical (unpaired) electrons. The Hall–Kier alpha value is -2.58. The second-order valence-electron chi connectivity index (χ2n) is 6.03. The van der Waals surface area contributed by atoms with Crippen LogP contribution in [0.1, 0.15) is 19.4 Å². The van der Waals surface area contributed by atoms with Crippen molar-refractivity contribution in [3.63, 3.8) is 0 Å². The summed E-state index contributed by atoms with van der Waals surface area (Å²) in [6.45, 7) is 3.96. The molecule has 2 N–H and O–H groups in total. The van der Waals surface area contributed by atoms with Gasteiger partial charge in [0.15, 0.2) is 4.34 Å². The van der Waals surface area contributed by atoms with Crippen LogP contribution < -0.4 is 15.4 Å². The van der Waals surface area contributed by atoms with Gasteiger partial charge in [-0.25, -0.2) is 0 Å². The van der Waals surface area contributed by atoms with E-state index in [2.05, 4.69) is 27.8 Å². The third kappa shape index (κ3) is 5.46. The van der Waals surface area contributed by atoms with Gasteiger partial charge in [0.25, 0.3) is 0 Å². The highest BCUT2D eigenvalue weighted by Crippen LogP contribution is 2.31. The molecule has 0 aliphatic rings. The molecule has 146 valence electrons. The van der Waals surface area contributed by atoms with Crippen LogP contribution in [0, 0.1) is 0 Å². The molecule has 0 aliphatic heterocycles. The highest BCUT2D eigenvalue weighted by atomic mass is 32.2. The van der Waals surface area contributed by atoms with Crippen LogP contribution in [0.5, 0.6) is 5.75 Å². The highest BCUT2D eigenvalue weighted by Gasteiger charge is 2.17. The zero-order valence-corrected chi connectivity index (χ0v) is 17.6. The quantitative estimate of drug-likeness (QED) is 0.507.